The Labute approximate surface area is 167 Å². The molecule has 1 aliphatic heterocycles. The zero-order valence-corrected chi connectivity index (χ0v) is 18.1. The maximum atomic E-state index is 5.18. The fourth-order valence-corrected chi connectivity index (χ4v) is 4.00. The molecule has 6 heteroatoms. The van der Waals surface area contributed by atoms with Crippen LogP contribution in [0.4, 0.5) is 0 Å². The Morgan fingerprint density at radius 2 is 2.04 bits per heavy atom. The fraction of sp³-hybridized carbons (Fsp3) is 0.611. The van der Waals surface area contributed by atoms with Gasteiger partial charge in [-0.3, -0.25) is 4.99 Å². The SMILES string of the molecule is CN=C(NCCCc1ccc(OC)cc1)NCC1(C)CCCS1.I. The molecular formula is C18H30IN3OS. The molecule has 1 saturated heterocycles. The minimum absolute atomic E-state index is 0. The molecule has 0 spiro atoms. The van der Waals surface area contributed by atoms with Gasteiger partial charge in [0.05, 0.1) is 7.11 Å². The van der Waals surface area contributed by atoms with Gasteiger partial charge in [0.1, 0.15) is 5.75 Å². The van der Waals surface area contributed by atoms with Crippen LogP contribution in [0.25, 0.3) is 0 Å². The van der Waals surface area contributed by atoms with Gasteiger partial charge < -0.3 is 15.4 Å². The molecule has 1 fully saturated rings. The van der Waals surface area contributed by atoms with Gasteiger partial charge in [0.15, 0.2) is 5.96 Å². The van der Waals surface area contributed by atoms with Gasteiger partial charge in [0.25, 0.3) is 0 Å². The van der Waals surface area contributed by atoms with Gasteiger partial charge in [-0.2, -0.15) is 11.8 Å². The molecule has 0 aliphatic carbocycles. The third-order valence-corrected chi connectivity index (χ3v) is 5.79. The van der Waals surface area contributed by atoms with Crippen LogP contribution in [0.5, 0.6) is 5.75 Å². The monoisotopic (exact) mass is 463 g/mol. The predicted molar refractivity (Wildman–Crippen MR) is 116 cm³/mol. The van der Waals surface area contributed by atoms with Crippen LogP contribution in [0.1, 0.15) is 31.7 Å². The summed E-state index contributed by atoms with van der Waals surface area (Å²) >= 11 is 2.07. The molecule has 1 heterocycles. The van der Waals surface area contributed by atoms with E-state index in [1.54, 1.807) is 7.11 Å². The van der Waals surface area contributed by atoms with Crippen LogP contribution in [-0.2, 0) is 6.42 Å². The third-order valence-electron chi connectivity index (χ3n) is 4.25. The number of benzene rings is 1. The van der Waals surface area contributed by atoms with Gasteiger partial charge in [-0.25, -0.2) is 0 Å². The Bertz CT molecular complexity index is 501. The average molecular weight is 463 g/mol. The van der Waals surface area contributed by atoms with E-state index >= 15 is 0 Å². The van der Waals surface area contributed by atoms with Crippen LogP contribution in [0.3, 0.4) is 0 Å². The molecule has 0 bridgehead atoms. The predicted octanol–water partition coefficient (Wildman–Crippen LogP) is 3.70. The van der Waals surface area contributed by atoms with Crippen molar-refractivity contribution < 1.29 is 4.74 Å². The molecule has 0 saturated carbocycles. The molecule has 2 rings (SSSR count). The number of hydrogen-bond acceptors (Lipinski definition) is 3. The maximum absolute atomic E-state index is 5.18. The van der Waals surface area contributed by atoms with E-state index in [0.717, 1.165) is 37.6 Å². The highest BCUT2D eigenvalue weighted by Crippen LogP contribution is 2.36. The van der Waals surface area contributed by atoms with Crippen LogP contribution >= 0.6 is 35.7 Å². The first kappa shape index (κ1) is 21.4. The number of ether oxygens (including phenoxy) is 1. The van der Waals surface area contributed by atoms with Gasteiger partial charge in [0.2, 0.25) is 0 Å². The molecule has 1 aliphatic rings. The Hall–Kier alpha value is -0.630. The third kappa shape index (κ3) is 7.09. The highest BCUT2D eigenvalue weighted by molar-refractivity contribution is 14.0. The summed E-state index contributed by atoms with van der Waals surface area (Å²) in [6, 6.07) is 8.29. The van der Waals surface area contributed by atoms with Crippen molar-refractivity contribution in [1.82, 2.24) is 10.6 Å². The average Bonchev–Trinajstić information content (AvgIpc) is 3.01. The fourth-order valence-electron chi connectivity index (χ4n) is 2.76. The second kappa shape index (κ2) is 11.1. The molecule has 1 aromatic carbocycles. The van der Waals surface area contributed by atoms with E-state index in [0.29, 0.717) is 4.75 Å². The van der Waals surface area contributed by atoms with E-state index in [2.05, 4.69) is 46.4 Å². The second-order valence-corrected chi connectivity index (χ2v) is 7.89. The standard InChI is InChI=1S/C18H29N3OS.HI/c1-18(11-5-13-23-18)14-21-17(19-2)20-12-4-6-15-7-9-16(22-3)10-8-15;/h7-10H,4-6,11-14H2,1-3H3,(H2,19,20,21);1H. The number of aryl methyl sites for hydroxylation is 1. The van der Waals surface area contributed by atoms with Crippen LogP contribution in [-0.4, -0.2) is 43.7 Å². The zero-order valence-electron chi connectivity index (χ0n) is 14.9. The zero-order chi connectivity index (χ0) is 16.5. The molecule has 1 atom stereocenters. The normalized spacial score (nSPS) is 20.4. The molecule has 0 radical (unpaired) electrons. The topological polar surface area (TPSA) is 45.7 Å². The number of rotatable bonds is 7. The number of guanidine groups is 1. The summed E-state index contributed by atoms with van der Waals surface area (Å²) in [4.78, 5) is 4.32. The Morgan fingerprint density at radius 3 is 2.62 bits per heavy atom. The van der Waals surface area contributed by atoms with E-state index in [9.17, 15) is 0 Å². The number of thioether (sulfide) groups is 1. The molecule has 1 unspecified atom stereocenters. The summed E-state index contributed by atoms with van der Waals surface area (Å²) in [5, 5.41) is 6.88. The summed E-state index contributed by atoms with van der Waals surface area (Å²) in [6.07, 6.45) is 4.76. The quantitative estimate of drug-likeness (QED) is 0.280. The lowest BCUT2D eigenvalue weighted by Crippen LogP contribution is -2.43. The van der Waals surface area contributed by atoms with Crippen LogP contribution < -0.4 is 15.4 Å². The Morgan fingerprint density at radius 1 is 1.29 bits per heavy atom. The Kier molecular flexibility index (Phi) is 9.88. The lowest BCUT2D eigenvalue weighted by atomic mass is 10.1. The second-order valence-electron chi connectivity index (χ2n) is 6.21. The van der Waals surface area contributed by atoms with Crippen molar-refractivity contribution in [3.05, 3.63) is 29.8 Å². The number of nitrogens with one attached hydrogen (secondary N) is 2. The number of halogens is 1. The summed E-state index contributed by atoms with van der Waals surface area (Å²) in [6.45, 7) is 4.25. The Balaban J connectivity index is 0.00000288. The van der Waals surface area contributed by atoms with Crippen molar-refractivity contribution >= 4 is 41.7 Å². The smallest absolute Gasteiger partial charge is 0.191 e. The van der Waals surface area contributed by atoms with Crippen LogP contribution in [0, 0.1) is 0 Å². The molecular weight excluding hydrogens is 433 g/mol. The number of aliphatic imine (C=N–C) groups is 1. The lowest BCUT2D eigenvalue weighted by Gasteiger charge is -2.24. The van der Waals surface area contributed by atoms with Crippen molar-refractivity contribution in [2.75, 3.05) is 33.0 Å². The summed E-state index contributed by atoms with van der Waals surface area (Å²) < 4.78 is 5.54. The van der Waals surface area contributed by atoms with Gasteiger partial charge in [-0.15, -0.1) is 24.0 Å². The molecule has 0 amide bonds. The maximum Gasteiger partial charge on any atom is 0.191 e. The molecule has 4 nitrogen and oxygen atoms in total. The van der Waals surface area contributed by atoms with E-state index in [4.69, 9.17) is 4.74 Å². The highest BCUT2D eigenvalue weighted by Gasteiger charge is 2.29. The molecule has 24 heavy (non-hydrogen) atoms. The minimum Gasteiger partial charge on any atom is -0.497 e. The van der Waals surface area contributed by atoms with Crippen molar-refractivity contribution in [3.8, 4) is 5.75 Å². The lowest BCUT2D eigenvalue weighted by molar-refractivity contribution is 0.414. The van der Waals surface area contributed by atoms with Crippen molar-refractivity contribution in [1.29, 1.82) is 0 Å². The summed E-state index contributed by atoms with van der Waals surface area (Å²) in [5.41, 5.74) is 1.34. The van der Waals surface area contributed by atoms with E-state index in [1.165, 1.54) is 24.2 Å². The first-order valence-electron chi connectivity index (χ1n) is 8.37. The van der Waals surface area contributed by atoms with Crippen LogP contribution in [0.2, 0.25) is 0 Å². The van der Waals surface area contributed by atoms with E-state index < -0.39 is 0 Å². The largest absolute Gasteiger partial charge is 0.497 e. The van der Waals surface area contributed by atoms with Crippen molar-refractivity contribution in [3.63, 3.8) is 0 Å². The van der Waals surface area contributed by atoms with Crippen LogP contribution in [0.15, 0.2) is 29.3 Å². The number of nitrogens with zero attached hydrogens (tertiary/aromatic N) is 1. The molecule has 0 aromatic heterocycles. The van der Waals surface area contributed by atoms with Gasteiger partial charge in [0, 0.05) is 24.9 Å². The highest BCUT2D eigenvalue weighted by atomic mass is 127. The molecule has 136 valence electrons. The van der Waals surface area contributed by atoms with Gasteiger partial charge in [-0.05, 0) is 56.1 Å². The van der Waals surface area contributed by atoms with E-state index in [-0.39, 0.29) is 24.0 Å². The number of methoxy groups -OCH3 is 1. The number of hydrogen-bond donors (Lipinski definition) is 2. The van der Waals surface area contributed by atoms with Crippen molar-refractivity contribution in [2.24, 2.45) is 4.99 Å². The van der Waals surface area contributed by atoms with Gasteiger partial charge >= 0.3 is 0 Å². The molecule has 1 aromatic rings. The van der Waals surface area contributed by atoms with Crippen molar-refractivity contribution in [2.45, 2.75) is 37.4 Å². The minimum atomic E-state index is 0. The first-order chi connectivity index (χ1) is 11.1. The van der Waals surface area contributed by atoms with E-state index in [1.807, 2.05) is 19.2 Å². The summed E-state index contributed by atoms with van der Waals surface area (Å²) in [5.74, 6) is 3.11. The molecule has 2 N–H and O–H groups in total. The first-order valence-corrected chi connectivity index (χ1v) is 9.35. The van der Waals surface area contributed by atoms with Gasteiger partial charge in [-0.1, -0.05) is 12.1 Å². The summed E-state index contributed by atoms with van der Waals surface area (Å²) in [7, 11) is 3.53.